The number of nitrogens with one attached hydrogen (secondary N) is 1. The van der Waals surface area contributed by atoms with Crippen LogP contribution in [0.15, 0.2) is 35.3 Å². The van der Waals surface area contributed by atoms with Crippen LogP contribution in [0.4, 0.5) is 15.8 Å². The van der Waals surface area contributed by atoms with Gasteiger partial charge in [0.05, 0.1) is 5.69 Å². The Labute approximate surface area is 111 Å². The van der Waals surface area contributed by atoms with E-state index in [1.807, 2.05) is 22.6 Å². The lowest BCUT2D eigenvalue weighted by Gasteiger charge is -2.07. The first-order valence-electron chi connectivity index (χ1n) is 4.82. The molecule has 1 heterocycles. The Morgan fingerprint density at radius 3 is 2.82 bits per heavy atom. The van der Waals surface area contributed by atoms with Gasteiger partial charge in [-0.25, -0.2) is 9.07 Å². The third-order valence-corrected chi connectivity index (χ3v) is 2.88. The first kappa shape index (κ1) is 12.0. The zero-order chi connectivity index (χ0) is 12.4. The fourth-order valence-corrected chi connectivity index (χ4v) is 1.79. The summed E-state index contributed by atoms with van der Waals surface area (Å²) in [6.45, 7) is 0. The molecule has 0 fully saturated rings. The highest BCUT2D eigenvalue weighted by Gasteiger charge is 2.06. The molecule has 17 heavy (non-hydrogen) atoms. The lowest BCUT2D eigenvalue weighted by molar-refractivity contribution is 0.630. The van der Waals surface area contributed by atoms with Gasteiger partial charge in [0.1, 0.15) is 11.5 Å². The second-order valence-corrected chi connectivity index (χ2v) is 4.67. The van der Waals surface area contributed by atoms with Crippen molar-refractivity contribution in [3.8, 4) is 0 Å². The average molecular weight is 345 g/mol. The predicted molar refractivity (Wildman–Crippen MR) is 71.9 cm³/mol. The Morgan fingerprint density at radius 2 is 2.12 bits per heavy atom. The normalized spacial score (nSPS) is 10.3. The van der Waals surface area contributed by atoms with Gasteiger partial charge >= 0.3 is 0 Å². The van der Waals surface area contributed by atoms with E-state index in [9.17, 15) is 9.18 Å². The fraction of sp³-hybridized carbons (Fsp3) is 0.0909. The number of hydrogen-bond acceptors (Lipinski definition) is 3. The molecule has 0 unspecified atom stereocenters. The Balaban J connectivity index is 2.38. The molecule has 0 radical (unpaired) electrons. The van der Waals surface area contributed by atoms with Gasteiger partial charge in [0.25, 0.3) is 5.56 Å². The van der Waals surface area contributed by atoms with Crippen LogP contribution in [-0.4, -0.2) is 9.78 Å². The highest BCUT2D eigenvalue weighted by molar-refractivity contribution is 14.1. The predicted octanol–water partition coefficient (Wildman–Crippen LogP) is 2.27. The van der Waals surface area contributed by atoms with Crippen molar-refractivity contribution in [1.29, 1.82) is 0 Å². The molecule has 1 aromatic heterocycles. The minimum atomic E-state index is -0.393. The summed E-state index contributed by atoms with van der Waals surface area (Å²) >= 11 is 2.02. The van der Waals surface area contributed by atoms with Crippen LogP contribution >= 0.6 is 22.6 Å². The molecule has 2 aromatic rings. The number of nitrogens with zero attached hydrogens (tertiary/aromatic N) is 2. The molecule has 0 amide bonds. The van der Waals surface area contributed by atoms with Gasteiger partial charge in [-0.05, 0) is 46.9 Å². The highest BCUT2D eigenvalue weighted by Crippen LogP contribution is 2.19. The van der Waals surface area contributed by atoms with Crippen LogP contribution in [0.5, 0.6) is 0 Å². The van der Waals surface area contributed by atoms with E-state index < -0.39 is 5.82 Å². The van der Waals surface area contributed by atoms with E-state index in [1.54, 1.807) is 12.1 Å². The molecular formula is C11H9FIN3O. The number of aromatic nitrogens is 2. The Bertz CT molecular complexity index is 612. The van der Waals surface area contributed by atoms with Crippen molar-refractivity contribution >= 4 is 34.0 Å². The van der Waals surface area contributed by atoms with Crippen LogP contribution in [0.2, 0.25) is 0 Å². The molecule has 0 aliphatic rings. The van der Waals surface area contributed by atoms with E-state index in [1.165, 1.54) is 30.1 Å². The van der Waals surface area contributed by atoms with Crippen molar-refractivity contribution in [2.45, 2.75) is 0 Å². The first-order chi connectivity index (χ1) is 8.08. The molecule has 0 bridgehead atoms. The summed E-state index contributed by atoms with van der Waals surface area (Å²) < 4.78 is 15.6. The van der Waals surface area contributed by atoms with Crippen molar-refractivity contribution in [3.05, 3.63) is 50.2 Å². The molecular weight excluding hydrogens is 336 g/mol. The Kier molecular flexibility index (Phi) is 3.41. The van der Waals surface area contributed by atoms with E-state index in [4.69, 9.17) is 0 Å². The fourth-order valence-electron chi connectivity index (χ4n) is 1.34. The van der Waals surface area contributed by atoms with E-state index in [2.05, 4.69) is 10.4 Å². The molecule has 0 saturated carbocycles. The topological polar surface area (TPSA) is 46.9 Å². The molecule has 0 spiro atoms. The summed E-state index contributed by atoms with van der Waals surface area (Å²) in [5.41, 5.74) is 0.266. The van der Waals surface area contributed by atoms with Crippen molar-refractivity contribution in [1.82, 2.24) is 9.78 Å². The molecule has 2 rings (SSSR count). The standard InChI is InChI=1S/C11H9FIN3O/c1-16-11(17)10(4-5-14-16)15-9-3-2-7(13)6-8(9)12/h2-6,15H,1H3. The zero-order valence-corrected chi connectivity index (χ0v) is 11.1. The lowest BCUT2D eigenvalue weighted by Crippen LogP contribution is -2.21. The number of halogens is 2. The Hall–Kier alpha value is -1.44. The van der Waals surface area contributed by atoms with Gasteiger partial charge < -0.3 is 5.32 Å². The monoisotopic (exact) mass is 345 g/mol. The molecule has 0 aliphatic heterocycles. The third kappa shape index (κ3) is 2.63. The quantitative estimate of drug-likeness (QED) is 0.850. The summed E-state index contributed by atoms with van der Waals surface area (Å²) in [5.74, 6) is -0.393. The minimum Gasteiger partial charge on any atom is -0.349 e. The number of aryl methyl sites for hydroxylation is 1. The van der Waals surface area contributed by atoms with E-state index >= 15 is 0 Å². The van der Waals surface area contributed by atoms with Crippen LogP contribution in [-0.2, 0) is 7.05 Å². The van der Waals surface area contributed by atoms with Crippen LogP contribution in [0.1, 0.15) is 0 Å². The largest absolute Gasteiger partial charge is 0.349 e. The molecule has 88 valence electrons. The summed E-state index contributed by atoms with van der Waals surface area (Å²) in [6.07, 6.45) is 1.48. The zero-order valence-electron chi connectivity index (χ0n) is 8.95. The van der Waals surface area contributed by atoms with Crippen LogP contribution in [0.3, 0.4) is 0 Å². The summed E-state index contributed by atoms with van der Waals surface area (Å²) in [5, 5.41) is 6.54. The second-order valence-electron chi connectivity index (χ2n) is 3.42. The summed E-state index contributed by atoms with van der Waals surface area (Å²) in [6, 6.07) is 6.27. The smallest absolute Gasteiger partial charge is 0.290 e. The second kappa shape index (κ2) is 4.82. The van der Waals surface area contributed by atoms with Gasteiger partial charge in [-0.2, -0.15) is 5.10 Å². The summed E-state index contributed by atoms with van der Waals surface area (Å²) in [7, 11) is 1.54. The molecule has 1 aromatic carbocycles. The van der Waals surface area contributed by atoms with E-state index in [0.29, 0.717) is 5.69 Å². The van der Waals surface area contributed by atoms with Gasteiger partial charge in [0.15, 0.2) is 0 Å². The van der Waals surface area contributed by atoms with Gasteiger partial charge in [-0.3, -0.25) is 4.79 Å². The maximum Gasteiger partial charge on any atom is 0.290 e. The molecule has 0 saturated heterocycles. The van der Waals surface area contributed by atoms with E-state index in [-0.39, 0.29) is 11.2 Å². The van der Waals surface area contributed by atoms with Crippen molar-refractivity contribution in [2.75, 3.05) is 5.32 Å². The number of hydrogen-bond donors (Lipinski definition) is 1. The van der Waals surface area contributed by atoms with Gasteiger partial charge in [-0.15, -0.1) is 0 Å². The maximum absolute atomic E-state index is 13.6. The molecule has 4 nitrogen and oxygen atoms in total. The average Bonchev–Trinajstić information content (AvgIpc) is 2.28. The highest BCUT2D eigenvalue weighted by atomic mass is 127. The Morgan fingerprint density at radius 1 is 1.35 bits per heavy atom. The maximum atomic E-state index is 13.6. The lowest BCUT2D eigenvalue weighted by atomic mass is 10.3. The van der Waals surface area contributed by atoms with Crippen LogP contribution in [0.25, 0.3) is 0 Å². The third-order valence-electron chi connectivity index (χ3n) is 2.21. The summed E-state index contributed by atoms with van der Waals surface area (Å²) in [4.78, 5) is 11.7. The van der Waals surface area contributed by atoms with Gasteiger partial charge in [0, 0.05) is 16.8 Å². The van der Waals surface area contributed by atoms with Crippen molar-refractivity contribution in [3.63, 3.8) is 0 Å². The minimum absolute atomic E-state index is 0.272. The number of rotatable bonds is 2. The van der Waals surface area contributed by atoms with Gasteiger partial charge in [-0.1, -0.05) is 0 Å². The van der Waals surface area contributed by atoms with Crippen LogP contribution in [0, 0.1) is 9.39 Å². The van der Waals surface area contributed by atoms with Crippen LogP contribution < -0.4 is 10.9 Å². The van der Waals surface area contributed by atoms with Crippen molar-refractivity contribution < 1.29 is 4.39 Å². The molecule has 6 heteroatoms. The van der Waals surface area contributed by atoms with Gasteiger partial charge in [0.2, 0.25) is 0 Å². The first-order valence-corrected chi connectivity index (χ1v) is 5.90. The number of anilines is 2. The number of benzene rings is 1. The molecule has 0 aliphatic carbocycles. The molecule has 0 atom stereocenters. The van der Waals surface area contributed by atoms with Crippen molar-refractivity contribution in [2.24, 2.45) is 7.05 Å². The van der Waals surface area contributed by atoms with E-state index in [0.717, 1.165) is 3.57 Å². The molecule has 1 N–H and O–H groups in total. The SMILES string of the molecule is Cn1nccc(Nc2ccc(I)cc2F)c1=O.